The van der Waals surface area contributed by atoms with Crippen molar-refractivity contribution in [3.05, 3.63) is 12.8 Å². The van der Waals surface area contributed by atoms with Gasteiger partial charge in [-0.15, -0.1) is 0 Å². The van der Waals surface area contributed by atoms with Gasteiger partial charge in [0.15, 0.2) is 9.04 Å². The number of rotatable bonds is 4. The molecule has 0 radical (unpaired) electrons. The monoisotopic (exact) mass is 220 g/mol. The van der Waals surface area contributed by atoms with E-state index >= 15 is 0 Å². The van der Waals surface area contributed by atoms with Gasteiger partial charge in [0, 0.05) is 6.42 Å². The van der Waals surface area contributed by atoms with E-state index in [1.54, 1.807) is 0 Å². The van der Waals surface area contributed by atoms with Crippen LogP contribution in [0.1, 0.15) is 19.8 Å². The molecule has 0 heterocycles. The molecule has 0 unspecified atom stereocenters. The molecular weight excluding hydrogens is 200 g/mol. The number of hydrogen-bond donors (Lipinski definition) is 0. The highest BCUT2D eigenvalue weighted by Gasteiger charge is 1.94. The van der Waals surface area contributed by atoms with Crippen LogP contribution in [0.5, 0.6) is 0 Å². The van der Waals surface area contributed by atoms with Crippen LogP contribution in [0.2, 0.25) is 13.1 Å². The van der Waals surface area contributed by atoms with Gasteiger partial charge in [-0.2, -0.15) is 0 Å². The molecule has 0 aromatic carbocycles. The Kier molecular flexibility index (Phi) is 13.5. The molecule has 13 heavy (non-hydrogen) atoms. The van der Waals surface area contributed by atoms with E-state index in [0.717, 1.165) is 23.2 Å². The van der Waals surface area contributed by atoms with E-state index in [-0.39, 0.29) is 5.97 Å². The van der Waals surface area contributed by atoms with E-state index in [2.05, 4.69) is 24.4 Å². The Morgan fingerprint density at radius 2 is 2.08 bits per heavy atom. The fourth-order valence-electron chi connectivity index (χ4n) is 0.356. The molecule has 0 spiro atoms. The highest BCUT2D eigenvalue weighted by Crippen LogP contribution is 1.89. The number of carbonyl (C=O) groups excluding carboxylic acids is 1. The number of ether oxygens (including phenoxy) is 1. The lowest BCUT2D eigenvalue weighted by molar-refractivity contribution is -0.137. The van der Waals surface area contributed by atoms with Crippen molar-refractivity contribution in [3.63, 3.8) is 0 Å². The van der Waals surface area contributed by atoms with Crippen LogP contribution in [0.4, 0.5) is 0 Å². The maximum atomic E-state index is 10.3. The minimum atomic E-state index is -0.588. The zero-order valence-corrected chi connectivity index (χ0v) is 12.2. The van der Waals surface area contributed by atoms with Crippen LogP contribution < -0.4 is 0 Å². The minimum absolute atomic E-state index is 0.206. The van der Waals surface area contributed by atoms with Crippen LogP contribution in [0.3, 0.4) is 0 Å². The zero-order valence-electron chi connectivity index (χ0n) is 9.00. The van der Waals surface area contributed by atoms with Crippen LogP contribution >= 0.6 is 0 Å². The van der Waals surface area contributed by atoms with Gasteiger partial charge < -0.3 is 8.85 Å². The average molecular weight is 220 g/mol. The molecule has 0 aromatic heterocycles. The Bertz CT molecular complexity index is 137. The minimum Gasteiger partial charge on any atom is -0.466 e. The SMILES string of the molecule is C=COC(=O)CCC.C[SiH](C)O[SiH3]. The fraction of sp³-hybridized carbons (Fsp3) is 0.625. The Labute approximate surface area is 85.4 Å². The normalized spacial score (nSPS) is 8.92. The smallest absolute Gasteiger partial charge is 0.310 e. The summed E-state index contributed by atoms with van der Waals surface area (Å²) in [6.07, 6.45) is 2.46. The zero-order chi connectivity index (χ0) is 10.7. The van der Waals surface area contributed by atoms with Crippen LogP contribution in [-0.4, -0.2) is 25.5 Å². The predicted molar refractivity (Wildman–Crippen MR) is 61.1 cm³/mol. The number of hydrogen-bond acceptors (Lipinski definition) is 3. The summed E-state index contributed by atoms with van der Waals surface area (Å²) in [5, 5.41) is 0. The van der Waals surface area contributed by atoms with Crippen molar-refractivity contribution in [1.29, 1.82) is 0 Å². The first-order chi connectivity index (χ1) is 6.08. The summed E-state index contributed by atoms with van der Waals surface area (Å²) in [5.74, 6) is -0.206. The van der Waals surface area contributed by atoms with E-state index in [9.17, 15) is 4.79 Å². The summed E-state index contributed by atoms with van der Waals surface area (Å²) < 4.78 is 9.43. The van der Waals surface area contributed by atoms with Gasteiger partial charge in [-0.3, -0.25) is 4.79 Å². The fourth-order valence-corrected chi connectivity index (χ4v) is 0.356. The summed E-state index contributed by atoms with van der Waals surface area (Å²) in [6.45, 7) is 9.51. The molecular formula is C8H20O3Si2. The van der Waals surface area contributed by atoms with E-state index < -0.39 is 9.04 Å². The largest absolute Gasteiger partial charge is 0.466 e. The van der Waals surface area contributed by atoms with Crippen molar-refractivity contribution in [2.24, 2.45) is 0 Å². The van der Waals surface area contributed by atoms with E-state index in [1.165, 1.54) is 0 Å². The standard InChI is InChI=1S/C6H10O2.C2H10OSi2/c1-3-5-6(7)8-4-2;1-5(2)3-4/h4H,2-3,5H2,1H3;5H,1-2,4H3. The molecule has 5 heteroatoms. The van der Waals surface area contributed by atoms with Crippen molar-refractivity contribution >= 4 is 25.5 Å². The lowest BCUT2D eigenvalue weighted by atomic mass is 10.3. The van der Waals surface area contributed by atoms with Crippen LogP contribution in [0, 0.1) is 0 Å². The third-order valence-electron chi connectivity index (χ3n) is 1.14. The van der Waals surface area contributed by atoms with E-state index in [1.807, 2.05) is 6.92 Å². The van der Waals surface area contributed by atoms with E-state index in [0.29, 0.717) is 6.42 Å². The van der Waals surface area contributed by atoms with Crippen LogP contribution in [-0.2, 0) is 13.6 Å². The van der Waals surface area contributed by atoms with Gasteiger partial charge in [0.1, 0.15) is 10.5 Å². The molecule has 0 saturated carbocycles. The first-order valence-electron chi connectivity index (χ1n) is 4.41. The molecule has 0 saturated heterocycles. The molecule has 0 aromatic rings. The van der Waals surface area contributed by atoms with Crippen molar-refractivity contribution in [2.45, 2.75) is 32.9 Å². The quantitative estimate of drug-likeness (QED) is 0.398. The van der Waals surface area contributed by atoms with Crippen LogP contribution in [0.25, 0.3) is 0 Å². The van der Waals surface area contributed by atoms with E-state index in [4.69, 9.17) is 4.12 Å². The van der Waals surface area contributed by atoms with Crippen molar-refractivity contribution in [1.82, 2.24) is 0 Å². The lowest BCUT2D eigenvalue weighted by Gasteiger charge is -1.93. The third kappa shape index (κ3) is 18.5. The second-order valence-corrected chi connectivity index (χ2v) is 6.67. The molecule has 0 amide bonds. The molecule has 0 aliphatic heterocycles. The van der Waals surface area contributed by atoms with Gasteiger partial charge in [-0.25, -0.2) is 0 Å². The maximum absolute atomic E-state index is 10.3. The molecule has 0 aliphatic carbocycles. The second kappa shape index (κ2) is 11.6. The van der Waals surface area contributed by atoms with Gasteiger partial charge in [0.2, 0.25) is 0 Å². The van der Waals surface area contributed by atoms with Gasteiger partial charge in [-0.1, -0.05) is 13.5 Å². The van der Waals surface area contributed by atoms with Gasteiger partial charge in [0.25, 0.3) is 0 Å². The molecule has 0 atom stereocenters. The Morgan fingerprint density at radius 3 is 2.31 bits per heavy atom. The van der Waals surface area contributed by atoms with Crippen molar-refractivity contribution in [2.75, 3.05) is 0 Å². The summed E-state index contributed by atoms with van der Waals surface area (Å²) >= 11 is 0. The summed E-state index contributed by atoms with van der Waals surface area (Å²) in [5.41, 5.74) is 0. The first kappa shape index (κ1) is 15.1. The first-order valence-corrected chi connectivity index (χ1v) is 8.01. The number of esters is 1. The topological polar surface area (TPSA) is 35.5 Å². The van der Waals surface area contributed by atoms with Gasteiger partial charge in [-0.05, 0) is 19.5 Å². The second-order valence-electron chi connectivity index (χ2n) is 2.69. The molecule has 0 N–H and O–H groups in total. The van der Waals surface area contributed by atoms with Gasteiger partial charge in [0.05, 0.1) is 6.26 Å². The average Bonchev–Trinajstić information content (AvgIpc) is 2.06. The Hall–Kier alpha value is -0.396. The molecule has 0 fully saturated rings. The third-order valence-corrected chi connectivity index (χ3v) is 4.91. The van der Waals surface area contributed by atoms with Crippen molar-refractivity contribution < 1.29 is 13.6 Å². The highest BCUT2D eigenvalue weighted by atomic mass is 28.3. The maximum Gasteiger partial charge on any atom is 0.310 e. The highest BCUT2D eigenvalue weighted by molar-refractivity contribution is 6.52. The predicted octanol–water partition coefficient (Wildman–Crippen LogP) is 0.740. The Balaban J connectivity index is 0. The lowest BCUT2D eigenvalue weighted by Crippen LogP contribution is -2.02. The summed E-state index contributed by atoms with van der Waals surface area (Å²) in [6, 6.07) is 0. The molecule has 3 nitrogen and oxygen atoms in total. The van der Waals surface area contributed by atoms with Crippen molar-refractivity contribution in [3.8, 4) is 0 Å². The van der Waals surface area contributed by atoms with Gasteiger partial charge >= 0.3 is 5.97 Å². The molecule has 0 aliphatic rings. The number of carbonyl (C=O) groups is 1. The molecule has 0 bridgehead atoms. The van der Waals surface area contributed by atoms with Crippen LogP contribution in [0.15, 0.2) is 12.8 Å². The summed E-state index contributed by atoms with van der Waals surface area (Å²) in [4.78, 5) is 10.3. The molecule has 78 valence electrons. The Morgan fingerprint density at radius 1 is 1.62 bits per heavy atom. The molecule has 0 rings (SSSR count). The summed E-state index contributed by atoms with van der Waals surface area (Å²) in [7, 11) is 0.347.